The number of nitrogens with one attached hydrogen (secondary N) is 1. The van der Waals surface area contributed by atoms with Gasteiger partial charge in [-0.05, 0) is 71.1 Å². The largest absolute Gasteiger partial charge is 0.493 e. The summed E-state index contributed by atoms with van der Waals surface area (Å²) in [5.41, 5.74) is 1.01. The lowest BCUT2D eigenvalue weighted by Gasteiger charge is -2.43. The van der Waals surface area contributed by atoms with E-state index in [1.807, 2.05) is 18.2 Å². The molecule has 1 saturated carbocycles. The van der Waals surface area contributed by atoms with Crippen molar-refractivity contribution < 1.29 is 38.5 Å². The Morgan fingerprint density at radius 1 is 1.02 bits per heavy atom. The Hall–Kier alpha value is -3.83. The molecular formula is C31H44N4O8. The molecule has 0 spiro atoms. The summed E-state index contributed by atoms with van der Waals surface area (Å²) in [7, 11) is 3.18. The van der Waals surface area contributed by atoms with E-state index < -0.39 is 23.7 Å². The molecule has 2 fully saturated rings. The summed E-state index contributed by atoms with van der Waals surface area (Å²) in [6.45, 7) is 5.83. The van der Waals surface area contributed by atoms with Gasteiger partial charge in [0, 0.05) is 36.9 Å². The molecule has 2 N–H and O–H groups in total. The lowest BCUT2D eigenvalue weighted by molar-refractivity contribution is -0.143. The quantitative estimate of drug-likeness (QED) is 0.435. The maximum atomic E-state index is 13.7. The first-order valence-corrected chi connectivity index (χ1v) is 15.1. The molecule has 0 bridgehead atoms. The molecule has 2 aliphatic heterocycles. The number of hydrazone groups is 1. The fourth-order valence-electron chi connectivity index (χ4n) is 6.22. The smallest absolute Gasteiger partial charge is 0.408 e. The molecule has 12 heteroatoms. The van der Waals surface area contributed by atoms with E-state index in [-0.39, 0.29) is 42.5 Å². The molecule has 0 unspecified atom stereocenters. The van der Waals surface area contributed by atoms with Gasteiger partial charge in [0.2, 0.25) is 11.8 Å². The van der Waals surface area contributed by atoms with Crippen molar-refractivity contribution in [2.24, 2.45) is 16.9 Å². The summed E-state index contributed by atoms with van der Waals surface area (Å²) >= 11 is 0. The van der Waals surface area contributed by atoms with Crippen molar-refractivity contribution in [2.45, 2.75) is 89.8 Å². The summed E-state index contributed by atoms with van der Waals surface area (Å²) in [5, 5.41) is 18.3. The van der Waals surface area contributed by atoms with Crippen LogP contribution in [0.5, 0.6) is 11.5 Å². The summed E-state index contributed by atoms with van der Waals surface area (Å²) in [6, 6.07) is 4.50. The van der Waals surface area contributed by atoms with Gasteiger partial charge in [-0.3, -0.25) is 14.4 Å². The van der Waals surface area contributed by atoms with Gasteiger partial charge in [-0.15, -0.1) is 0 Å². The van der Waals surface area contributed by atoms with Crippen molar-refractivity contribution in [1.29, 1.82) is 0 Å². The maximum Gasteiger partial charge on any atom is 0.408 e. The van der Waals surface area contributed by atoms with E-state index in [4.69, 9.17) is 19.3 Å². The first-order chi connectivity index (χ1) is 20.4. The normalized spacial score (nSPS) is 21.8. The zero-order valence-corrected chi connectivity index (χ0v) is 25.8. The maximum absolute atomic E-state index is 13.7. The number of methoxy groups -OCH3 is 2. The number of carbonyl (C=O) groups is 4. The topological polar surface area (TPSA) is 147 Å². The van der Waals surface area contributed by atoms with E-state index in [0.717, 1.165) is 37.0 Å². The third-order valence-corrected chi connectivity index (χ3v) is 8.31. The highest BCUT2D eigenvalue weighted by atomic mass is 16.6. The summed E-state index contributed by atoms with van der Waals surface area (Å²) in [5.74, 6) is -0.283. The van der Waals surface area contributed by atoms with Crippen LogP contribution >= 0.6 is 0 Å². The Kier molecular flexibility index (Phi) is 10.2. The van der Waals surface area contributed by atoms with E-state index >= 15 is 0 Å². The first-order valence-electron chi connectivity index (χ1n) is 15.1. The Labute approximate surface area is 252 Å². The van der Waals surface area contributed by atoms with Crippen molar-refractivity contribution in [2.75, 3.05) is 27.3 Å². The molecule has 1 aromatic carbocycles. The number of fused-ring (bicyclic) bond motifs is 1. The molecule has 12 nitrogen and oxygen atoms in total. The zero-order chi connectivity index (χ0) is 31.3. The van der Waals surface area contributed by atoms with Gasteiger partial charge in [-0.1, -0.05) is 12.8 Å². The third-order valence-electron chi connectivity index (χ3n) is 8.31. The number of piperidine rings is 1. The van der Waals surface area contributed by atoms with E-state index in [2.05, 4.69) is 5.32 Å². The van der Waals surface area contributed by atoms with Crippen molar-refractivity contribution in [3.63, 3.8) is 0 Å². The van der Waals surface area contributed by atoms with E-state index in [1.165, 1.54) is 0 Å². The fourth-order valence-corrected chi connectivity index (χ4v) is 6.22. The molecule has 3 amide bonds. The van der Waals surface area contributed by atoms with Crippen LogP contribution < -0.4 is 14.8 Å². The van der Waals surface area contributed by atoms with Crippen LogP contribution in [0.4, 0.5) is 4.79 Å². The second-order valence-electron chi connectivity index (χ2n) is 12.4. The van der Waals surface area contributed by atoms with Crippen molar-refractivity contribution in [3.8, 4) is 11.5 Å². The highest BCUT2D eigenvalue weighted by Crippen LogP contribution is 2.40. The van der Waals surface area contributed by atoms with Gasteiger partial charge in [-0.25, -0.2) is 9.80 Å². The molecular weight excluding hydrogens is 556 g/mol. The Morgan fingerprint density at radius 2 is 1.67 bits per heavy atom. The summed E-state index contributed by atoms with van der Waals surface area (Å²) in [6.07, 6.45) is 3.66. The number of alkyl carbamates (subject to hydrolysis) is 1. The molecule has 0 radical (unpaired) electrons. The van der Waals surface area contributed by atoms with E-state index in [9.17, 15) is 24.3 Å². The van der Waals surface area contributed by atoms with Crippen LogP contribution in [-0.4, -0.2) is 89.6 Å². The molecule has 43 heavy (non-hydrogen) atoms. The second-order valence-corrected chi connectivity index (χ2v) is 12.4. The minimum absolute atomic E-state index is 0.0321. The molecule has 1 aromatic rings. The predicted molar refractivity (Wildman–Crippen MR) is 158 cm³/mol. The van der Waals surface area contributed by atoms with Crippen molar-refractivity contribution in [3.05, 3.63) is 23.8 Å². The minimum atomic E-state index is -1.06. The number of nitrogens with zero attached hydrogens (tertiary/aromatic N) is 3. The molecule has 3 atom stereocenters. The zero-order valence-electron chi connectivity index (χ0n) is 25.8. The monoisotopic (exact) mass is 600 g/mol. The van der Waals surface area contributed by atoms with Crippen LogP contribution in [0.25, 0.3) is 0 Å². The predicted octanol–water partition coefficient (Wildman–Crippen LogP) is 3.81. The van der Waals surface area contributed by atoms with Gasteiger partial charge in [0.25, 0.3) is 0 Å². The average molecular weight is 601 g/mol. The number of carbonyl (C=O) groups excluding carboxylic acids is 3. The SMILES string of the molecule is COc1ccc(C2=NN(C3CCN(C(=O)[C@@H](CCC(=O)O)NC(=O)OC(C)(C)C)CC3)C(=O)[C@@H]3CCCC[C@H]23)cc1OC. The molecule has 3 aliphatic rings. The number of benzene rings is 1. The van der Waals surface area contributed by atoms with Crippen molar-refractivity contribution >= 4 is 29.6 Å². The molecule has 4 rings (SSSR count). The lowest BCUT2D eigenvalue weighted by Crippen LogP contribution is -2.55. The van der Waals surface area contributed by atoms with Gasteiger partial charge in [0.15, 0.2) is 11.5 Å². The van der Waals surface area contributed by atoms with Gasteiger partial charge >= 0.3 is 12.1 Å². The second kappa shape index (κ2) is 13.6. The minimum Gasteiger partial charge on any atom is -0.493 e. The first kappa shape index (κ1) is 32.1. The van der Waals surface area contributed by atoms with Gasteiger partial charge in [0.05, 0.1) is 26.0 Å². The molecule has 236 valence electrons. The summed E-state index contributed by atoms with van der Waals surface area (Å²) < 4.78 is 16.2. The van der Waals surface area contributed by atoms with Crippen molar-refractivity contribution in [1.82, 2.24) is 15.2 Å². The van der Waals surface area contributed by atoms with Crippen LogP contribution in [-0.2, 0) is 19.1 Å². The lowest BCUT2D eigenvalue weighted by atomic mass is 9.73. The fraction of sp³-hybridized carbons (Fsp3) is 0.645. The number of carboxylic acids is 1. The molecule has 1 aliphatic carbocycles. The Balaban J connectivity index is 1.50. The number of hydrogen-bond acceptors (Lipinski definition) is 8. The molecule has 2 heterocycles. The summed E-state index contributed by atoms with van der Waals surface area (Å²) in [4.78, 5) is 52.4. The Bertz CT molecular complexity index is 1230. The van der Waals surface area contributed by atoms with Crippen LogP contribution in [0.15, 0.2) is 23.3 Å². The van der Waals surface area contributed by atoms with E-state index in [1.54, 1.807) is 44.9 Å². The highest BCUT2D eigenvalue weighted by Gasteiger charge is 2.44. The van der Waals surface area contributed by atoms with E-state index in [0.29, 0.717) is 37.4 Å². The van der Waals surface area contributed by atoms with Crippen LogP contribution in [0.1, 0.15) is 77.7 Å². The molecule has 1 saturated heterocycles. The van der Waals surface area contributed by atoms with Gasteiger partial charge in [-0.2, -0.15) is 5.10 Å². The molecule has 0 aromatic heterocycles. The highest BCUT2D eigenvalue weighted by molar-refractivity contribution is 6.07. The number of rotatable bonds is 9. The van der Waals surface area contributed by atoms with Gasteiger partial charge < -0.3 is 29.5 Å². The van der Waals surface area contributed by atoms with Crippen LogP contribution in [0.3, 0.4) is 0 Å². The number of ether oxygens (including phenoxy) is 3. The Morgan fingerprint density at radius 3 is 2.28 bits per heavy atom. The van der Waals surface area contributed by atoms with Crippen LogP contribution in [0, 0.1) is 11.8 Å². The number of amides is 3. The van der Waals surface area contributed by atoms with Gasteiger partial charge in [0.1, 0.15) is 11.6 Å². The number of aliphatic carboxylic acids is 1. The van der Waals surface area contributed by atoms with Crippen LogP contribution in [0.2, 0.25) is 0 Å². The standard InChI is InChI=1S/C31H44N4O8/c1-31(2,3)43-30(40)32-23(11-13-26(36)37)29(39)34-16-14-20(15-17-34)35-28(38)22-9-7-6-8-21(22)27(33-35)19-10-12-24(41-4)25(18-19)42-5/h10,12,18,20-23H,6-9,11,13-17H2,1-5H3,(H,32,40)(H,36,37)/t21-,22+,23+/m0/s1. The third kappa shape index (κ3) is 7.77. The number of likely N-dealkylation sites (tertiary alicyclic amines) is 1. The number of hydrogen-bond donors (Lipinski definition) is 2. The number of carboxylic acid groups (broad SMARTS) is 1. The average Bonchev–Trinajstić information content (AvgIpc) is 2.98.